The number of thioether (sulfide) groups is 1. The van der Waals surface area contributed by atoms with Crippen molar-refractivity contribution >= 4 is 39.2 Å². The van der Waals surface area contributed by atoms with Crippen molar-refractivity contribution in [3.05, 3.63) is 52.8 Å². The average molecular weight is 389 g/mol. The van der Waals surface area contributed by atoms with Crippen LogP contribution in [0, 0.1) is 0 Å². The zero-order valence-corrected chi connectivity index (χ0v) is 16.5. The van der Waals surface area contributed by atoms with E-state index >= 15 is 0 Å². The van der Waals surface area contributed by atoms with E-state index in [1.165, 1.54) is 16.9 Å². The molecule has 0 atom stereocenters. The molecular formula is C19H20N2O3S2. The Balaban J connectivity index is 1.82. The predicted molar refractivity (Wildman–Crippen MR) is 107 cm³/mol. The molecular weight excluding hydrogens is 368 g/mol. The van der Waals surface area contributed by atoms with Crippen LogP contribution < -0.4 is 14.3 Å². The average Bonchev–Trinajstić information content (AvgIpc) is 2.98. The molecule has 0 bridgehead atoms. The van der Waals surface area contributed by atoms with E-state index in [0.29, 0.717) is 10.6 Å². The largest absolute Gasteiger partial charge is 0.495 e. The molecule has 1 amide bonds. The summed E-state index contributed by atoms with van der Waals surface area (Å²) < 4.78 is 13.7. The number of nitrogens with zero attached hydrogens (tertiary/aromatic N) is 2. The van der Waals surface area contributed by atoms with Gasteiger partial charge in [0, 0.05) is 12.8 Å². The number of ether oxygens (including phenoxy) is 2. The van der Waals surface area contributed by atoms with Gasteiger partial charge < -0.3 is 14.0 Å². The van der Waals surface area contributed by atoms with Crippen LogP contribution in [0.5, 0.6) is 11.5 Å². The van der Waals surface area contributed by atoms with Crippen molar-refractivity contribution in [2.75, 3.05) is 20.0 Å². The number of methoxy groups -OCH3 is 2. The van der Waals surface area contributed by atoms with Crippen LogP contribution in [0.3, 0.4) is 0 Å². The molecule has 0 aliphatic heterocycles. The maximum atomic E-state index is 12.3. The quantitative estimate of drug-likeness (QED) is 0.647. The van der Waals surface area contributed by atoms with Gasteiger partial charge in [0.25, 0.3) is 5.91 Å². The molecule has 0 unspecified atom stereocenters. The molecule has 0 N–H and O–H groups in total. The summed E-state index contributed by atoms with van der Waals surface area (Å²) in [4.78, 5) is 17.2. The van der Waals surface area contributed by atoms with E-state index in [1.807, 2.05) is 41.9 Å². The molecule has 3 rings (SSSR count). The lowest BCUT2D eigenvalue weighted by Gasteiger charge is -2.06. The van der Waals surface area contributed by atoms with Crippen LogP contribution in [-0.2, 0) is 17.6 Å². The minimum absolute atomic E-state index is 0.147. The molecule has 7 heteroatoms. The van der Waals surface area contributed by atoms with Crippen LogP contribution in [0.15, 0.2) is 47.5 Å². The van der Waals surface area contributed by atoms with Crippen LogP contribution in [0.4, 0.5) is 0 Å². The first-order valence-electron chi connectivity index (χ1n) is 8.03. The maximum absolute atomic E-state index is 12.3. The van der Waals surface area contributed by atoms with Crippen LogP contribution in [0.2, 0.25) is 0 Å². The van der Waals surface area contributed by atoms with Gasteiger partial charge in [-0.25, -0.2) is 0 Å². The summed E-state index contributed by atoms with van der Waals surface area (Å²) in [6.45, 7) is 0. The summed E-state index contributed by atoms with van der Waals surface area (Å²) in [5.41, 5.74) is 2.08. The number of aromatic nitrogens is 1. The van der Waals surface area contributed by atoms with Gasteiger partial charge in [0.1, 0.15) is 21.7 Å². The number of fused-ring (bicyclic) bond motifs is 1. The van der Waals surface area contributed by atoms with Crippen LogP contribution >= 0.6 is 23.1 Å². The highest BCUT2D eigenvalue weighted by molar-refractivity contribution is 7.99. The topological polar surface area (TPSA) is 52.8 Å². The molecule has 0 aliphatic rings. The van der Waals surface area contributed by atoms with Gasteiger partial charge in [0.2, 0.25) is 0 Å². The standard InChI is InChI=1S/C19H20N2O3S2/c1-21-17-14(23-2)9-10-15(24-3)18(17)26-19(21)20-16(22)12-25-11-13-7-5-4-6-8-13/h4-10H,11-12H2,1-3H3. The molecule has 26 heavy (non-hydrogen) atoms. The number of carbonyl (C=O) groups is 1. The Hall–Kier alpha value is -2.25. The number of aryl methyl sites for hydroxylation is 1. The number of benzene rings is 2. The third-order valence-electron chi connectivity index (χ3n) is 3.87. The number of rotatable bonds is 6. The molecule has 0 spiro atoms. The second-order valence-electron chi connectivity index (χ2n) is 5.58. The molecule has 2 aromatic carbocycles. The highest BCUT2D eigenvalue weighted by Crippen LogP contribution is 2.34. The molecule has 3 aromatic rings. The lowest BCUT2D eigenvalue weighted by molar-refractivity contribution is -0.115. The Kier molecular flexibility index (Phi) is 6.00. The molecule has 0 saturated carbocycles. The third-order valence-corrected chi connectivity index (χ3v) is 6.01. The lowest BCUT2D eigenvalue weighted by Crippen LogP contribution is -2.14. The number of hydrogen-bond donors (Lipinski definition) is 0. The van der Waals surface area contributed by atoms with Crippen LogP contribution in [-0.4, -0.2) is 30.4 Å². The first kappa shape index (κ1) is 18.5. The highest BCUT2D eigenvalue weighted by Gasteiger charge is 2.14. The summed E-state index contributed by atoms with van der Waals surface area (Å²) in [5.74, 6) is 2.46. The summed E-state index contributed by atoms with van der Waals surface area (Å²) in [7, 11) is 5.13. The molecule has 0 aliphatic carbocycles. The Morgan fingerprint density at radius 3 is 2.50 bits per heavy atom. The molecule has 136 valence electrons. The fraction of sp³-hybridized carbons (Fsp3) is 0.263. The minimum atomic E-state index is -0.147. The second-order valence-corrected chi connectivity index (χ2v) is 7.54. The Morgan fingerprint density at radius 1 is 1.12 bits per heavy atom. The van der Waals surface area contributed by atoms with Crippen molar-refractivity contribution in [1.29, 1.82) is 0 Å². The molecule has 1 heterocycles. The zero-order valence-electron chi connectivity index (χ0n) is 14.9. The fourth-order valence-corrected chi connectivity index (χ4v) is 4.51. The van der Waals surface area contributed by atoms with E-state index in [9.17, 15) is 4.79 Å². The number of amides is 1. The molecule has 0 radical (unpaired) electrons. The maximum Gasteiger partial charge on any atom is 0.258 e. The van der Waals surface area contributed by atoms with E-state index in [2.05, 4.69) is 17.1 Å². The summed E-state index contributed by atoms with van der Waals surface area (Å²) in [6.07, 6.45) is 0. The zero-order chi connectivity index (χ0) is 18.5. The van der Waals surface area contributed by atoms with Gasteiger partial charge >= 0.3 is 0 Å². The number of hydrogen-bond acceptors (Lipinski definition) is 5. The van der Waals surface area contributed by atoms with Crippen LogP contribution in [0.1, 0.15) is 5.56 Å². The number of carbonyl (C=O) groups excluding carboxylic acids is 1. The highest BCUT2D eigenvalue weighted by atomic mass is 32.2. The van der Waals surface area contributed by atoms with Crippen molar-refractivity contribution in [1.82, 2.24) is 4.57 Å². The fourth-order valence-electron chi connectivity index (χ4n) is 2.60. The van der Waals surface area contributed by atoms with Crippen molar-refractivity contribution < 1.29 is 14.3 Å². The summed E-state index contributed by atoms with van der Waals surface area (Å²) >= 11 is 2.99. The van der Waals surface area contributed by atoms with Gasteiger partial charge in [-0.15, -0.1) is 11.8 Å². The van der Waals surface area contributed by atoms with Crippen molar-refractivity contribution in [2.45, 2.75) is 5.75 Å². The van der Waals surface area contributed by atoms with E-state index < -0.39 is 0 Å². The Bertz CT molecular complexity index is 978. The first-order chi connectivity index (χ1) is 12.6. The minimum Gasteiger partial charge on any atom is -0.495 e. The Morgan fingerprint density at radius 2 is 1.81 bits per heavy atom. The van der Waals surface area contributed by atoms with Crippen LogP contribution in [0.25, 0.3) is 10.2 Å². The predicted octanol–water partition coefficient (Wildman–Crippen LogP) is 3.62. The van der Waals surface area contributed by atoms with E-state index in [1.54, 1.807) is 26.0 Å². The van der Waals surface area contributed by atoms with Gasteiger partial charge in [-0.1, -0.05) is 41.7 Å². The Labute approximate surface area is 160 Å². The third kappa shape index (κ3) is 3.94. The molecule has 0 saturated heterocycles. The van der Waals surface area contributed by atoms with E-state index in [-0.39, 0.29) is 5.91 Å². The summed E-state index contributed by atoms with van der Waals surface area (Å²) in [6, 6.07) is 13.8. The van der Waals surface area contributed by atoms with Gasteiger partial charge in [-0.2, -0.15) is 4.99 Å². The second kappa shape index (κ2) is 8.42. The summed E-state index contributed by atoms with van der Waals surface area (Å²) in [5, 5.41) is 0. The lowest BCUT2D eigenvalue weighted by atomic mass is 10.2. The van der Waals surface area contributed by atoms with Gasteiger partial charge in [0.05, 0.1) is 20.0 Å². The molecule has 5 nitrogen and oxygen atoms in total. The monoisotopic (exact) mass is 388 g/mol. The van der Waals surface area contributed by atoms with Crippen molar-refractivity contribution in [3.63, 3.8) is 0 Å². The van der Waals surface area contributed by atoms with Crippen molar-refractivity contribution in [3.8, 4) is 11.5 Å². The van der Waals surface area contributed by atoms with Crippen molar-refractivity contribution in [2.24, 2.45) is 12.0 Å². The van der Waals surface area contributed by atoms with E-state index in [0.717, 1.165) is 27.5 Å². The smallest absolute Gasteiger partial charge is 0.258 e. The SMILES string of the molecule is COc1ccc(OC)c2c1sc(=NC(=O)CSCc1ccccc1)n2C. The van der Waals surface area contributed by atoms with Gasteiger partial charge in [-0.3, -0.25) is 4.79 Å². The number of thiazole rings is 1. The molecule has 1 aromatic heterocycles. The normalized spacial score (nSPS) is 11.7. The van der Waals surface area contributed by atoms with Gasteiger partial charge in [0.15, 0.2) is 4.80 Å². The first-order valence-corrected chi connectivity index (χ1v) is 10.0. The van der Waals surface area contributed by atoms with E-state index in [4.69, 9.17) is 9.47 Å². The molecule has 0 fully saturated rings. The van der Waals surface area contributed by atoms with Gasteiger partial charge in [-0.05, 0) is 17.7 Å².